The molecule has 154 valence electrons. The minimum Gasteiger partial charge on any atom is -0.493 e. The summed E-state index contributed by atoms with van der Waals surface area (Å²) in [4.78, 5) is 16.8. The van der Waals surface area contributed by atoms with Crippen LogP contribution in [0.1, 0.15) is 36.2 Å². The smallest absolute Gasteiger partial charge is 0.270 e. The van der Waals surface area contributed by atoms with Crippen LogP contribution in [-0.4, -0.2) is 34.2 Å². The van der Waals surface area contributed by atoms with Crippen molar-refractivity contribution in [3.05, 3.63) is 71.8 Å². The lowest BCUT2D eigenvalue weighted by Crippen LogP contribution is -2.54. The Balaban J connectivity index is 1.69. The van der Waals surface area contributed by atoms with E-state index in [2.05, 4.69) is 16.9 Å². The summed E-state index contributed by atoms with van der Waals surface area (Å²) in [6.45, 7) is 4.05. The minimum atomic E-state index is -0.790. The quantitative estimate of drug-likeness (QED) is 0.631. The van der Waals surface area contributed by atoms with Crippen molar-refractivity contribution in [1.29, 1.82) is 0 Å². The van der Waals surface area contributed by atoms with Crippen LogP contribution in [0.25, 0.3) is 0 Å². The van der Waals surface area contributed by atoms with Crippen molar-refractivity contribution < 1.29 is 19.0 Å². The van der Waals surface area contributed by atoms with Crippen molar-refractivity contribution in [2.24, 2.45) is 5.92 Å². The normalized spacial score (nSPS) is 23.6. The Hall–Kier alpha value is -2.44. The Morgan fingerprint density at radius 3 is 2.97 bits per heavy atom. The summed E-state index contributed by atoms with van der Waals surface area (Å²) in [5, 5.41) is 13.8. The van der Waals surface area contributed by atoms with Gasteiger partial charge in [-0.3, -0.25) is 9.78 Å². The summed E-state index contributed by atoms with van der Waals surface area (Å²) >= 11 is 5.69. The molecule has 0 radical (unpaired) electrons. The highest BCUT2D eigenvalue weighted by Gasteiger charge is 2.47. The van der Waals surface area contributed by atoms with Gasteiger partial charge in [0.2, 0.25) is 0 Å². The molecule has 2 aromatic rings. The van der Waals surface area contributed by atoms with E-state index in [4.69, 9.17) is 16.3 Å². The van der Waals surface area contributed by atoms with Crippen LogP contribution in [-0.2, 0) is 0 Å². The van der Waals surface area contributed by atoms with Gasteiger partial charge in [0.15, 0.2) is 0 Å². The van der Waals surface area contributed by atoms with Gasteiger partial charge in [-0.15, -0.1) is 6.58 Å². The largest absolute Gasteiger partial charge is 0.493 e. The van der Waals surface area contributed by atoms with Crippen LogP contribution in [0.15, 0.2) is 55.3 Å². The lowest BCUT2D eigenvalue weighted by atomic mass is 9.88. The number of allylic oxidation sites excluding steroid dienone is 1. The van der Waals surface area contributed by atoms with E-state index in [9.17, 15) is 14.3 Å². The summed E-state index contributed by atoms with van der Waals surface area (Å²) in [6, 6.07) is 9.39. The molecular weight excluding hydrogens is 395 g/mol. The highest BCUT2D eigenvalue weighted by atomic mass is 35.5. The molecule has 7 heteroatoms. The number of amides is 1. The third-order valence-electron chi connectivity index (χ3n) is 5.28. The van der Waals surface area contributed by atoms with Crippen molar-refractivity contribution in [3.63, 3.8) is 0 Å². The maximum Gasteiger partial charge on any atom is 0.270 e. The fourth-order valence-corrected chi connectivity index (χ4v) is 3.91. The first kappa shape index (κ1) is 21.3. The third kappa shape index (κ3) is 5.14. The van der Waals surface area contributed by atoms with Crippen LogP contribution in [0.5, 0.6) is 5.75 Å². The first-order valence-electron chi connectivity index (χ1n) is 9.54. The number of carbonyl (C=O) groups is 1. The number of nitrogens with zero attached hydrogens (tertiary/aromatic N) is 1. The molecule has 1 aromatic heterocycles. The number of aliphatic hydroxyl groups excluding tert-OH is 1. The van der Waals surface area contributed by atoms with Gasteiger partial charge in [-0.2, -0.15) is 0 Å². The number of rotatable bonds is 8. The Morgan fingerprint density at radius 2 is 2.28 bits per heavy atom. The molecule has 1 fully saturated rings. The molecule has 1 aromatic carbocycles. The molecule has 29 heavy (non-hydrogen) atoms. The van der Waals surface area contributed by atoms with Gasteiger partial charge in [0.05, 0.1) is 23.3 Å². The van der Waals surface area contributed by atoms with Crippen LogP contribution >= 0.6 is 11.6 Å². The summed E-state index contributed by atoms with van der Waals surface area (Å²) in [5.41, 5.74) is -0.490. The van der Waals surface area contributed by atoms with E-state index in [-0.39, 0.29) is 16.8 Å². The number of ether oxygens (including phenoxy) is 1. The van der Waals surface area contributed by atoms with Crippen LogP contribution < -0.4 is 10.1 Å². The topological polar surface area (TPSA) is 71.5 Å². The summed E-state index contributed by atoms with van der Waals surface area (Å²) in [6.07, 6.45) is 4.80. The highest BCUT2D eigenvalue weighted by molar-refractivity contribution is 6.30. The highest BCUT2D eigenvalue weighted by Crippen LogP contribution is 2.39. The van der Waals surface area contributed by atoms with Crippen molar-refractivity contribution >= 4 is 17.5 Å². The van der Waals surface area contributed by atoms with Gasteiger partial charge in [0.1, 0.15) is 17.3 Å². The first-order chi connectivity index (χ1) is 13.9. The van der Waals surface area contributed by atoms with Crippen molar-refractivity contribution in [3.8, 4) is 5.75 Å². The van der Waals surface area contributed by atoms with E-state index in [1.54, 1.807) is 36.5 Å². The van der Waals surface area contributed by atoms with Gasteiger partial charge in [-0.05, 0) is 55.9 Å². The number of pyridine rings is 1. The standard InChI is InChI=1S/C22H24ClFN2O3/c1-2-3-9-22(26-21(28)19-6-4-5-10-25-19)13-15(11-20(22)27)14-29-16-7-8-17(23)18(24)12-16/h2,4-8,10,12,15,20,27H,1,3,9,11,13-14H2,(H,26,28). The van der Waals surface area contributed by atoms with E-state index in [1.807, 2.05) is 0 Å². The van der Waals surface area contributed by atoms with Gasteiger partial charge in [0.25, 0.3) is 5.91 Å². The minimum absolute atomic E-state index is 0.00223. The van der Waals surface area contributed by atoms with Crippen LogP contribution in [0, 0.1) is 11.7 Å². The molecule has 0 saturated heterocycles. The van der Waals surface area contributed by atoms with Gasteiger partial charge in [0, 0.05) is 12.3 Å². The second kappa shape index (κ2) is 9.37. The average Bonchev–Trinajstić information content (AvgIpc) is 3.03. The number of hydrogen-bond donors (Lipinski definition) is 2. The zero-order chi connectivity index (χ0) is 20.9. The van der Waals surface area contributed by atoms with E-state index in [0.717, 1.165) is 0 Å². The number of halogens is 2. The maximum absolute atomic E-state index is 13.6. The monoisotopic (exact) mass is 418 g/mol. The van der Waals surface area contributed by atoms with Crippen LogP contribution in [0.2, 0.25) is 5.02 Å². The van der Waals surface area contributed by atoms with E-state index in [1.165, 1.54) is 12.1 Å². The van der Waals surface area contributed by atoms with E-state index >= 15 is 0 Å². The Labute approximate surface area is 174 Å². The fourth-order valence-electron chi connectivity index (χ4n) is 3.80. The molecule has 0 aliphatic heterocycles. The number of aliphatic hydroxyl groups is 1. The molecule has 1 saturated carbocycles. The number of benzene rings is 1. The molecule has 1 aliphatic rings. The summed E-state index contributed by atoms with van der Waals surface area (Å²) in [7, 11) is 0. The molecule has 3 atom stereocenters. The molecule has 5 nitrogen and oxygen atoms in total. The summed E-state index contributed by atoms with van der Waals surface area (Å²) in [5.74, 6) is -0.492. The lowest BCUT2D eigenvalue weighted by molar-refractivity contribution is 0.0619. The van der Waals surface area contributed by atoms with Crippen molar-refractivity contribution in [2.75, 3.05) is 6.61 Å². The Morgan fingerprint density at radius 1 is 1.45 bits per heavy atom. The summed E-state index contributed by atoms with van der Waals surface area (Å²) < 4.78 is 19.3. The SMILES string of the molecule is C=CCCC1(NC(=O)c2ccccn2)CC(COc2ccc(Cl)c(F)c2)CC1O. The molecule has 0 bridgehead atoms. The molecular formula is C22H24ClFN2O3. The maximum atomic E-state index is 13.6. The number of aromatic nitrogens is 1. The molecule has 1 amide bonds. The predicted molar refractivity (Wildman–Crippen MR) is 110 cm³/mol. The van der Waals surface area contributed by atoms with E-state index in [0.29, 0.717) is 43.7 Å². The predicted octanol–water partition coefficient (Wildman–Crippen LogP) is 4.16. The second-order valence-corrected chi connectivity index (χ2v) is 7.77. The molecule has 0 spiro atoms. The third-order valence-corrected chi connectivity index (χ3v) is 5.59. The van der Waals surface area contributed by atoms with Crippen molar-refractivity contribution in [2.45, 2.75) is 37.3 Å². The Kier molecular flexibility index (Phi) is 6.87. The molecule has 2 N–H and O–H groups in total. The Bertz CT molecular complexity index is 864. The average molecular weight is 419 g/mol. The van der Waals surface area contributed by atoms with Gasteiger partial charge in [-0.25, -0.2) is 4.39 Å². The van der Waals surface area contributed by atoms with Crippen LogP contribution in [0.4, 0.5) is 4.39 Å². The number of nitrogens with one attached hydrogen (secondary N) is 1. The number of hydrogen-bond acceptors (Lipinski definition) is 4. The zero-order valence-electron chi connectivity index (χ0n) is 16.0. The number of carbonyl (C=O) groups excluding carboxylic acids is 1. The van der Waals surface area contributed by atoms with Gasteiger partial charge >= 0.3 is 0 Å². The fraction of sp³-hybridized carbons (Fsp3) is 0.364. The second-order valence-electron chi connectivity index (χ2n) is 7.36. The van der Waals surface area contributed by atoms with Gasteiger partial charge in [-0.1, -0.05) is 23.7 Å². The lowest BCUT2D eigenvalue weighted by Gasteiger charge is -2.34. The van der Waals surface area contributed by atoms with Crippen LogP contribution in [0.3, 0.4) is 0 Å². The van der Waals surface area contributed by atoms with Gasteiger partial charge < -0.3 is 15.2 Å². The molecule has 1 aliphatic carbocycles. The zero-order valence-corrected chi connectivity index (χ0v) is 16.7. The first-order valence-corrected chi connectivity index (χ1v) is 9.91. The van der Waals surface area contributed by atoms with E-state index < -0.39 is 17.5 Å². The molecule has 3 rings (SSSR count). The van der Waals surface area contributed by atoms with Crippen molar-refractivity contribution in [1.82, 2.24) is 10.3 Å². The molecule has 3 unspecified atom stereocenters. The molecule has 1 heterocycles.